The summed E-state index contributed by atoms with van der Waals surface area (Å²) in [4.78, 5) is 23.7. The molecule has 0 radical (unpaired) electrons. The second-order valence-electron chi connectivity index (χ2n) is 6.01. The Hall–Kier alpha value is -2.41. The smallest absolute Gasteiger partial charge is 0.307 e. The van der Waals surface area contributed by atoms with Crippen molar-refractivity contribution in [3.05, 3.63) is 58.7 Å². The average molecular weight is 404 g/mol. The molecule has 0 aliphatic heterocycles. The zero-order valence-corrected chi connectivity index (χ0v) is 15.0. The fourth-order valence-electron chi connectivity index (χ4n) is 2.89. The van der Waals surface area contributed by atoms with Crippen LogP contribution in [0.3, 0.4) is 0 Å². The summed E-state index contributed by atoms with van der Waals surface area (Å²) in [7, 11) is 0. The zero-order valence-electron chi connectivity index (χ0n) is 13.4. The summed E-state index contributed by atoms with van der Waals surface area (Å²) in [6.45, 7) is 0.590. The molecule has 7 heteroatoms. The second-order valence-corrected chi connectivity index (χ2v) is 6.92. The lowest BCUT2D eigenvalue weighted by Crippen LogP contribution is -2.34. The van der Waals surface area contributed by atoms with Crippen LogP contribution in [0.1, 0.15) is 18.4 Å². The van der Waals surface area contributed by atoms with Crippen molar-refractivity contribution in [2.45, 2.75) is 19.4 Å². The van der Waals surface area contributed by atoms with Gasteiger partial charge >= 0.3 is 5.97 Å². The van der Waals surface area contributed by atoms with Crippen molar-refractivity contribution in [1.29, 1.82) is 0 Å². The summed E-state index contributed by atoms with van der Waals surface area (Å²) >= 11 is 3.40. The maximum Gasteiger partial charge on any atom is 0.307 e. The summed E-state index contributed by atoms with van der Waals surface area (Å²) in [5.41, 5.74) is 1.09. The Kier molecular flexibility index (Phi) is 5.33. The van der Waals surface area contributed by atoms with Gasteiger partial charge < -0.3 is 10.4 Å². The van der Waals surface area contributed by atoms with Gasteiger partial charge in [0.1, 0.15) is 0 Å². The Bertz CT molecular complexity index is 798. The highest BCUT2D eigenvalue weighted by molar-refractivity contribution is 9.10. The van der Waals surface area contributed by atoms with Crippen molar-refractivity contribution in [1.82, 2.24) is 9.78 Å². The molecule has 0 spiro atoms. The standard InChI is InChI=1S/C18H18BrN3O3/c19-13-7-5-12(6-8-13)11-22-10-9-16(21-22)20-17(23)14-3-1-2-4-15(14)18(24)25/h1-2,5-10,14-15H,3-4,11H2,(H,24,25)(H,20,21,23)/t14-,15-/m1/s1. The third-order valence-electron chi connectivity index (χ3n) is 4.24. The van der Waals surface area contributed by atoms with Gasteiger partial charge in [0.2, 0.25) is 5.91 Å². The van der Waals surface area contributed by atoms with E-state index in [9.17, 15) is 14.7 Å². The fourth-order valence-corrected chi connectivity index (χ4v) is 3.15. The number of aliphatic carboxylic acids is 1. The van der Waals surface area contributed by atoms with Crippen LogP contribution in [0.4, 0.5) is 5.82 Å². The molecule has 1 aromatic heterocycles. The average Bonchev–Trinajstić information content (AvgIpc) is 3.03. The molecule has 0 bridgehead atoms. The molecule has 6 nitrogen and oxygen atoms in total. The Labute approximate surface area is 153 Å². The van der Waals surface area contributed by atoms with Gasteiger partial charge in [-0.05, 0) is 30.5 Å². The maximum atomic E-state index is 12.4. The second kappa shape index (κ2) is 7.65. The number of hydrogen-bond acceptors (Lipinski definition) is 3. The van der Waals surface area contributed by atoms with E-state index in [1.165, 1.54) is 0 Å². The third-order valence-corrected chi connectivity index (χ3v) is 4.76. The van der Waals surface area contributed by atoms with E-state index in [2.05, 4.69) is 26.3 Å². The van der Waals surface area contributed by atoms with Crippen molar-refractivity contribution >= 4 is 33.6 Å². The van der Waals surface area contributed by atoms with Crippen LogP contribution in [-0.4, -0.2) is 26.8 Å². The van der Waals surface area contributed by atoms with Gasteiger partial charge in [-0.2, -0.15) is 5.10 Å². The Balaban J connectivity index is 1.64. The number of carbonyl (C=O) groups excluding carboxylic acids is 1. The molecule has 1 heterocycles. The van der Waals surface area contributed by atoms with Gasteiger partial charge in [-0.1, -0.05) is 40.2 Å². The van der Waals surface area contributed by atoms with Crippen LogP contribution in [0.15, 0.2) is 53.2 Å². The van der Waals surface area contributed by atoms with Crippen LogP contribution >= 0.6 is 15.9 Å². The van der Waals surface area contributed by atoms with Crippen LogP contribution < -0.4 is 5.32 Å². The SMILES string of the molecule is O=C(O)[C@@H]1CC=CC[C@H]1C(=O)Nc1ccn(Cc2ccc(Br)cc2)n1. The highest BCUT2D eigenvalue weighted by Gasteiger charge is 2.34. The van der Waals surface area contributed by atoms with Crippen LogP contribution in [0, 0.1) is 11.8 Å². The first-order valence-corrected chi connectivity index (χ1v) is 8.79. The molecule has 2 aromatic rings. The number of carboxylic acid groups (broad SMARTS) is 1. The molecular weight excluding hydrogens is 386 g/mol. The van der Waals surface area contributed by atoms with Crippen molar-refractivity contribution in [2.24, 2.45) is 11.8 Å². The molecule has 0 fully saturated rings. The van der Waals surface area contributed by atoms with Gasteiger partial charge in [-0.3, -0.25) is 14.3 Å². The number of hydrogen-bond donors (Lipinski definition) is 2. The number of carbonyl (C=O) groups is 2. The number of halogens is 1. The lowest BCUT2D eigenvalue weighted by Gasteiger charge is -2.23. The lowest BCUT2D eigenvalue weighted by atomic mass is 9.82. The van der Waals surface area contributed by atoms with Crippen LogP contribution in [0.25, 0.3) is 0 Å². The summed E-state index contributed by atoms with van der Waals surface area (Å²) in [5, 5.41) is 16.4. The summed E-state index contributed by atoms with van der Waals surface area (Å²) < 4.78 is 2.74. The van der Waals surface area contributed by atoms with Gasteiger partial charge in [-0.25, -0.2) is 0 Å². The van der Waals surface area contributed by atoms with Crippen LogP contribution in [-0.2, 0) is 16.1 Å². The molecule has 130 valence electrons. The van der Waals surface area contributed by atoms with Crippen molar-refractivity contribution in [3.8, 4) is 0 Å². The van der Waals surface area contributed by atoms with E-state index in [-0.39, 0.29) is 5.91 Å². The minimum Gasteiger partial charge on any atom is -0.481 e. The van der Waals surface area contributed by atoms with E-state index >= 15 is 0 Å². The molecular formula is C18H18BrN3O3. The Morgan fingerprint density at radius 1 is 1.16 bits per heavy atom. The molecule has 2 atom stereocenters. The van der Waals surface area contributed by atoms with Crippen LogP contribution in [0.2, 0.25) is 0 Å². The largest absolute Gasteiger partial charge is 0.481 e. The minimum atomic E-state index is -0.940. The Morgan fingerprint density at radius 2 is 1.84 bits per heavy atom. The molecule has 1 aliphatic carbocycles. The summed E-state index contributed by atoms with van der Waals surface area (Å²) in [6, 6.07) is 9.63. The maximum absolute atomic E-state index is 12.4. The highest BCUT2D eigenvalue weighted by atomic mass is 79.9. The van der Waals surface area contributed by atoms with Gasteiger partial charge in [-0.15, -0.1) is 0 Å². The summed E-state index contributed by atoms with van der Waals surface area (Å²) in [5.74, 6) is -2.06. The number of nitrogens with zero attached hydrogens (tertiary/aromatic N) is 2. The first-order valence-electron chi connectivity index (χ1n) is 7.99. The van der Waals surface area contributed by atoms with E-state index < -0.39 is 17.8 Å². The number of nitrogens with one attached hydrogen (secondary N) is 1. The van der Waals surface area contributed by atoms with E-state index in [1.54, 1.807) is 16.9 Å². The van der Waals surface area contributed by atoms with Crippen molar-refractivity contribution < 1.29 is 14.7 Å². The van der Waals surface area contributed by atoms with E-state index in [1.807, 2.05) is 36.4 Å². The topological polar surface area (TPSA) is 84.2 Å². The number of benzene rings is 1. The molecule has 2 N–H and O–H groups in total. The lowest BCUT2D eigenvalue weighted by molar-refractivity contribution is -0.146. The molecule has 1 aliphatic rings. The summed E-state index contributed by atoms with van der Waals surface area (Å²) in [6.07, 6.45) is 6.27. The molecule has 1 amide bonds. The first kappa shape index (κ1) is 17.4. The van der Waals surface area contributed by atoms with Gasteiger partial charge in [0, 0.05) is 16.7 Å². The molecule has 0 unspecified atom stereocenters. The predicted molar refractivity (Wildman–Crippen MR) is 97.1 cm³/mol. The number of amides is 1. The zero-order chi connectivity index (χ0) is 17.8. The third kappa shape index (κ3) is 4.36. The van der Waals surface area contributed by atoms with Gasteiger partial charge in [0.15, 0.2) is 5.82 Å². The number of aromatic nitrogens is 2. The molecule has 25 heavy (non-hydrogen) atoms. The molecule has 0 saturated carbocycles. The van der Waals surface area contributed by atoms with Gasteiger partial charge in [0.05, 0.1) is 18.4 Å². The number of rotatable bonds is 5. The van der Waals surface area contributed by atoms with Crippen molar-refractivity contribution in [2.75, 3.05) is 5.32 Å². The fraction of sp³-hybridized carbons (Fsp3) is 0.278. The molecule has 3 rings (SSSR count). The van der Waals surface area contributed by atoms with Crippen molar-refractivity contribution in [3.63, 3.8) is 0 Å². The normalized spacial score (nSPS) is 19.6. The Morgan fingerprint density at radius 3 is 2.52 bits per heavy atom. The first-order chi connectivity index (χ1) is 12.0. The number of anilines is 1. The minimum absolute atomic E-state index is 0.300. The van der Waals surface area contributed by atoms with E-state index in [0.29, 0.717) is 25.2 Å². The van der Waals surface area contributed by atoms with Gasteiger partial charge in [0.25, 0.3) is 0 Å². The van der Waals surface area contributed by atoms with Crippen LogP contribution in [0.5, 0.6) is 0 Å². The highest BCUT2D eigenvalue weighted by Crippen LogP contribution is 2.27. The number of allylic oxidation sites excluding steroid dienone is 2. The van der Waals surface area contributed by atoms with E-state index in [4.69, 9.17) is 0 Å². The molecule has 1 aromatic carbocycles. The molecule has 0 saturated heterocycles. The van der Waals surface area contributed by atoms with E-state index in [0.717, 1.165) is 10.0 Å². The quantitative estimate of drug-likeness (QED) is 0.750. The monoisotopic (exact) mass is 403 g/mol. The predicted octanol–water partition coefficient (Wildman–Crippen LogP) is 3.30. The number of carboxylic acids is 1.